The van der Waals surface area contributed by atoms with Crippen molar-refractivity contribution in [2.75, 3.05) is 36.0 Å². The molecule has 53 heavy (non-hydrogen) atoms. The summed E-state index contributed by atoms with van der Waals surface area (Å²) in [4.78, 5) is 48.7. The fraction of sp³-hybridized carbons (Fsp3) is 0.444. The molecule has 2 aliphatic heterocycles. The molecule has 17 heteroatoms. The molecule has 0 spiro atoms. The molecule has 2 aromatic carbocycles. The molecule has 0 saturated carbocycles. The van der Waals surface area contributed by atoms with E-state index in [2.05, 4.69) is 82.3 Å². The van der Waals surface area contributed by atoms with Gasteiger partial charge in [-0.05, 0) is 42.0 Å². The number of thioether (sulfide) groups is 1. The van der Waals surface area contributed by atoms with Crippen molar-refractivity contribution in [1.29, 1.82) is 0 Å². The van der Waals surface area contributed by atoms with Crippen LogP contribution in [0.3, 0.4) is 0 Å². The van der Waals surface area contributed by atoms with Gasteiger partial charge in [-0.3, -0.25) is 14.3 Å². The number of fused-ring (bicyclic) bond motifs is 1. The summed E-state index contributed by atoms with van der Waals surface area (Å²) in [5, 5.41) is 26.8. The van der Waals surface area contributed by atoms with Gasteiger partial charge < -0.3 is 36.6 Å². The SMILES string of the molecule is CC(=O)NCCNc1nc(NCc2cn(CCNC(=O)CCCC[C@@H]3SC[C@@H]4NC(=O)N[C@@H]43)nn2)nc(OCc2cccc(-c3ccccc3)c2C)n1. The first-order valence-electron chi connectivity index (χ1n) is 17.9. The summed E-state index contributed by atoms with van der Waals surface area (Å²) in [6, 6.07) is 16.8. The van der Waals surface area contributed by atoms with Gasteiger partial charge in [0, 0.05) is 44.0 Å². The Morgan fingerprint density at radius 3 is 2.62 bits per heavy atom. The number of carbonyl (C=O) groups is 3. The molecular formula is C36H46N12O4S. The molecule has 4 aromatic rings. The van der Waals surface area contributed by atoms with E-state index in [4.69, 9.17) is 4.74 Å². The number of rotatable bonds is 19. The normalized spacial score (nSPS) is 17.4. The molecule has 4 heterocycles. The number of amides is 4. The van der Waals surface area contributed by atoms with E-state index >= 15 is 0 Å². The van der Waals surface area contributed by atoms with Crippen molar-refractivity contribution in [3.8, 4) is 17.1 Å². The zero-order chi connectivity index (χ0) is 37.0. The number of urea groups is 1. The highest BCUT2D eigenvalue weighted by atomic mass is 32.2. The molecule has 4 amide bonds. The predicted octanol–water partition coefficient (Wildman–Crippen LogP) is 3.02. The molecule has 2 aliphatic rings. The highest BCUT2D eigenvalue weighted by Gasteiger charge is 2.42. The second-order valence-corrected chi connectivity index (χ2v) is 14.2. The Bertz CT molecular complexity index is 1860. The minimum atomic E-state index is -0.124. The largest absolute Gasteiger partial charge is 0.458 e. The van der Waals surface area contributed by atoms with Crippen LogP contribution in [0, 0.1) is 6.92 Å². The Kier molecular flexibility index (Phi) is 12.9. The van der Waals surface area contributed by atoms with Crippen LogP contribution in [-0.2, 0) is 29.3 Å². The quantitative estimate of drug-likeness (QED) is 0.0607. The highest BCUT2D eigenvalue weighted by molar-refractivity contribution is 8.00. The van der Waals surface area contributed by atoms with Gasteiger partial charge in [-0.1, -0.05) is 60.2 Å². The lowest BCUT2D eigenvalue weighted by Gasteiger charge is -2.16. The van der Waals surface area contributed by atoms with Crippen molar-refractivity contribution in [3.63, 3.8) is 0 Å². The lowest BCUT2D eigenvalue weighted by atomic mass is 9.97. The average molecular weight is 743 g/mol. The summed E-state index contributed by atoms with van der Waals surface area (Å²) in [5.74, 6) is 1.40. The van der Waals surface area contributed by atoms with Crippen molar-refractivity contribution in [2.45, 2.75) is 76.6 Å². The molecule has 2 aromatic heterocycles. The van der Waals surface area contributed by atoms with Crippen molar-refractivity contribution >= 4 is 41.5 Å². The van der Waals surface area contributed by atoms with Crippen LogP contribution in [0.5, 0.6) is 6.01 Å². The highest BCUT2D eigenvalue weighted by Crippen LogP contribution is 2.33. The van der Waals surface area contributed by atoms with Gasteiger partial charge in [-0.15, -0.1) is 5.10 Å². The summed E-state index contributed by atoms with van der Waals surface area (Å²) in [6.45, 7) is 5.80. The van der Waals surface area contributed by atoms with Gasteiger partial charge in [0.15, 0.2) is 0 Å². The average Bonchev–Trinajstić information content (AvgIpc) is 3.87. The van der Waals surface area contributed by atoms with Gasteiger partial charge in [-0.25, -0.2) is 4.79 Å². The first kappa shape index (κ1) is 37.3. The number of benzene rings is 2. The lowest BCUT2D eigenvalue weighted by molar-refractivity contribution is -0.121. The number of unbranched alkanes of at least 4 members (excludes halogenated alkanes) is 1. The van der Waals surface area contributed by atoms with Crippen molar-refractivity contribution in [2.24, 2.45) is 0 Å². The van der Waals surface area contributed by atoms with Crippen LogP contribution in [0.1, 0.15) is 49.4 Å². The zero-order valence-electron chi connectivity index (χ0n) is 29.9. The van der Waals surface area contributed by atoms with E-state index < -0.39 is 0 Å². The number of carbonyl (C=O) groups excluding carboxylic acids is 3. The number of nitrogens with zero attached hydrogens (tertiary/aromatic N) is 6. The number of hydrogen-bond acceptors (Lipinski definition) is 12. The molecule has 0 bridgehead atoms. The van der Waals surface area contributed by atoms with Crippen molar-refractivity contribution in [1.82, 2.24) is 51.2 Å². The lowest BCUT2D eigenvalue weighted by Crippen LogP contribution is -2.36. The summed E-state index contributed by atoms with van der Waals surface area (Å²) in [7, 11) is 0. The zero-order valence-corrected chi connectivity index (χ0v) is 30.7. The Morgan fingerprint density at radius 2 is 1.79 bits per heavy atom. The van der Waals surface area contributed by atoms with E-state index in [-0.39, 0.29) is 48.5 Å². The molecule has 2 fully saturated rings. The van der Waals surface area contributed by atoms with Gasteiger partial charge >= 0.3 is 12.0 Å². The monoisotopic (exact) mass is 742 g/mol. The third-order valence-electron chi connectivity index (χ3n) is 9.04. The Labute approximate surface area is 312 Å². The van der Waals surface area contributed by atoms with Gasteiger partial charge in [0.25, 0.3) is 0 Å². The smallest absolute Gasteiger partial charge is 0.323 e. The second kappa shape index (κ2) is 18.3. The fourth-order valence-corrected chi connectivity index (χ4v) is 7.82. The molecule has 280 valence electrons. The maximum Gasteiger partial charge on any atom is 0.323 e. The molecule has 0 radical (unpaired) electrons. The van der Waals surface area contributed by atoms with E-state index in [1.807, 2.05) is 42.1 Å². The summed E-state index contributed by atoms with van der Waals surface area (Å²) in [5.41, 5.74) is 5.03. The van der Waals surface area contributed by atoms with Crippen molar-refractivity contribution in [3.05, 3.63) is 71.5 Å². The van der Waals surface area contributed by atoms with Crippen LogP contribution in [-0.4, -0.2) is 90.5 Å². The minimum Gasteiger partial charge on any atom is -0.458 e. The molecule has 2 saturated heterocycles. The Balaban J connectivity index is 0.968. The number of anilines is 2. The number of hydrogen-bond donors (Lipinski definition) is 6. The number of aromatic nitrogens is 6. The standard InChI is InChI=1S/C36H46N12O4S/c1-23-26(11-8-12-28(23)25-9-4-3-5-10-25)21-52-36-44-33(39-16-15-37-24(2)49)43-34(45-36)40-19-27-20-48(47-46-27)18-17-38-31(50)14-7-6-13-30-32-29(22-53-30)41-35(51)42-32/h3-5,8-12,20,29-30,32H,6-7,13-19,21-22H2,1-2H3,(H,37,49)(H,38,50)(H2,41,42,51)(H2,39,40,43,44,45)/t29-,30-,32-/m0/s1. The Morgan fingerprint density at radius 1 is 0.962 bits per heavy atom. The van der Waals surface area contributed by atoms with Gasteiger partial charge in [-0.2, -0.15) is 26.7 Å². The molecule has 6 N–H and O–H groups in total. The molecule has 0 aliphatic carbocycles. The molecule has 0 unspecified atom stereocenters. The number of ether oxygens (including phenoxy) is 1. The predicted molar refractivity (Wildman–Crippen MR) is 202 cm³/mol. The van der Waals surface area contributed by atoms with Gasteiger partial charge in [0.05, 0.1) is 31.4 Å². The van der Waals surface area contributed by atoms with Crippen LogP contribution < -0.4 is 36.6 Å². The van der Waals surface area contributed by atoms with Gasteiger partial charge in [0.2, 0.25) is 23.7 Å². The van der Waals surface area contributed by atoms with E-state index in [1.165, 1.54) is 6.92 Å². The second-order valence-electron chi connectivity index (χ2n) is 13.0. The van der Waals surface area contributed by atoms with E-state index in [9.17, 15) is 14.4 Å². The van der Waals surface area contributed by atoms with E-state index in [0.29, 0.717) is 56.0 Å². The summed E-state index contributed by atoms with van der Waals surface area (Å²) in [6.07, 6.45) is 4.99. The van der Waals surface area contributed by atoms with Crippen molar-refractivity contribution < 1.29 is 19.1 Å². The number of nitrogens with one attached hydrogen (secondary N) is 6. The maximum atomic E-state index is 12.4. The molecule has 3 atom stereocenters. The summed E-state index contributed by atoms with van der Waals surface area (Å²) >= 11 is 1.89. The van der Waals surface area contributed by atoms with E-state index in [0.717, 1.165) is 47.3 Å². The van der Waals surface area contributed by atoms with Crippen LogP contribution in [0.4, 0.5) is 16.7 Å². The third-order valence-corrected chi connectivity index (χ3v) is 10.6. The fourth-order valence-electron chi connectivity index (χ4n) is 6.28. The van der Waals surface area contributed by atoms with Crippen LogP contribution in [0.25, 0.3) is 11.1 Å². The van der Waals surface area contributed by atoms with Crippen LogP contribution >= 0.6 is 11.8 Å². The van der Waals surface area contributed by atoms with Gasteiger partial charge in [0.1, 0.15) is 12.3 Å². The topological polar surface area (TPSA) is 202 Å². The van der Waals surface area contributed by atoms with Crippen LogP contribution in [0.2, 0.25) is 0 Å². The van der Waals surface area contributed by atoms with E-state index in [1.54, 1.807) is 10.9 Å². The molecule has 6 rings (SSSR count). The molecule has 16 nitrogen and oxygen atoms in total. The summed E-state index contributed by atoms with van der Waals surface area (Å²) < 4.78 is 7.76. The maximum absolute atomic E-state index is 12.4. The first-order valence-corrected chi connectivity index (χ1v) is 18.9. The molecular weight excluding hydrogens is 697 g/mol. The Hall–Kier alpha value is -5.45. The minimum absolute atomic E-state index is 0.00759. The first-order chi connectivity index (χ1) is 25.8. The third kappa shape index (κ3) is 10.8. The van der Waals surface area contributed by atoms with Crippen LogP contribution in [0.15, 0.2) is 54.7 Å².